The Morgan fingerprint density at radius 1 is 1.03 bits per heavy atom. The number of anilines is 1. The van der Waals surface area contributed by atoms with Crippen molar-refractivity contribution in [2.75, 3.05) is 18.4 Å². The smallest absolute Gasteiger partial charge is 0.269 e. The number of furan rings is 1. The van der Waals surface area contributed by atoms with Gasteiger partial charge in [-0.3, -0.25) is 10.1 Å². The Morgan fingerprint density at radius 3 is 2.34 bits per heavy atom. The fourth-order valence-electron chi connectivity index (χ4n) is 2.76. The molecule has 3 N–H and O–H groups in total. The monoisotopic (exact) mass is 417 g/mol. The lowest BCUT2D eigenvalue weighted by Crippen LogP contribution is -2.21. The molecule has 0 aliphatic rings. The van der Waals surface area contributed by atoms with E-state index in [0.717, 1.165) is 34.9 Å². The Hall–Kier alpha value is -2.87. The Morgan fingerprint density at radius 2 is 1.72 bits per heavy atom. The van der Waals surface area contributed by atoms with Gasteiger partial charge in [0.25, 0.3) is 5.69 Å². The van der Waals surface area contributed by atoms with Crippen molar-refractivity contribution in [1.29, 1.82) is 0 Å². The Bertz CT molecular complexity index is 908. The number of non-ortho nitro benzene ring substituents is 1. The third-order valence-electron chi connectivity index (χ3n) is 4.35. The highest BCUT2D eigenvalue weighted by molar-refractivity contribution is 5.85. The van der Waals surface area contributed by atoms with Crippen molar-refractivity contribution in [1.82, 2.24) is 5.32 Å². The molecule has 29 heavy (non-hydrogen) atoms. The molecule has 7 nitrogen and oxygen atoms in total. The quantitative estimate of drug-likeness (QED) is 0.268. The first kappa shape index (κ1) is 22.4. The standard InChI is InChI=1S/C21H23N3O4.ClH/c1-15(25)16-2-4-17(5-3-16)21-11-10-20(28-21)14-22-12-13-23-18-6-8-19(9-7-18)24(26)27;/h2-11,15,22-23,25H,12-14H2,1H3;1H. The van der Waals surface area contributed by atoms with Crippen molar-refractivity contribution in [2.45, 2.75) is 19.6 Å². The van der Waals surface area contributed by atoms with E-state index in [4.69, 9.17) is 4.42 Å². The van der Waals surface area contributed by atoms with Crippen molar-refractivity contribution in [2.24, 2.45) is 0 Å². The molecule has 0 aliphatic heterocycles. The summed E-state index contributed by atoms with van der Waals surface area (Å²) in [5.74, 6) is 1.63. The van der Waals surface area contributed by atoms with E-state index in [0.29, 0.717) is 13.1 Å². The predicted octanol–water partition coefficient (Wildman–Crippen LogP) is 4.53. The van der Waals surface area contributed by atoms with Crippen molar-refractivity contribution < 1.29 is 14.4 Å². The molecule has 1 atom stereocenters. The second kappa shape index (κ2) is 10.6. The van der Waals surface area contributed by atoms with Gasteiger partial charge in [0, 0.05) is 36.5 Å². The van der Waals surface area contributed by atoms with Gasteiger partial charge in [0.2, 0.25) is 0 Å². The van der Waals surface area contributed by atoms with Crippen LogP contribution in [0.15, 0.2) is 65.1 Å². The van der Waals surface area contributed by atoms with Crippen molar-refractivity contribution in [3.8, 4) is 11.3 Å². The molecular weight excluding hydrogens is 394 g/mol. The van der Waals surface area contributed by atoms with E-state index >= 15 is 0 Å². The minimum atomic E-state index is -0.481. The molecule has 3 rings (SSSR count). The van der Waals surface area contributed by atoms with Crippen LogP contribution in [0.2, 0.25) is 0 Å². The van der Waals surface area contributed by atoms with Gasteiger partial charge < -0.3 is 20.2 Å². The van der Waals surface area contributed by atoms with Crippen LogP contribution in [-0.2, 0) is 6.54 Å². The zero-order valence-corrected chi connectivity index (χ0v) is 16.8. The van der Waals surface area contributed by atoms with Gasteiger partial charge in [-0.1, -0.05) is 24.3 Å². The molecule has 154 valence electrons. The summed E-state index contributed by atoms with van der Waals surface area (Å²) in [6.07, 6.45) is -0.481. The highest BCUT2D eigenvalue weighted by atomic mass is 35.5. The predicted molar refractivity (Wildman–Crippen MR) is 115 cm³/mol. The summed E-state index contributed by atoms with van der Waals surface area (Å²) in [5, 5.41) is 26.7. The first-order valence-corrected chi connectivity index (χ1v) is 9.09. The van der Waals surface area contributed by atoms with E-state index in [2.05, 4.69) is 10.6 Å². The van der Waals surface area contributed by atoms with Crippen molar-refractivity contribution in [3.63, 3.8) is 0 Å². The molecule has 0 saturated heterocycles. The molecule has 0 amide bonds. The van der Waals surface area contributed by atoms with Crippen molar-refractivity contribution in [3.05, 3.63) is 82.1 Å². The summed E-state index contributed by atoms with van der Waals surface area (Å²) in [7, 11) is 0. The van der Waals surface area contributed by atoms with E-state index in [9.17, 15) is 15.2 Å². The Kier molecular flexibility index (Phi) is 8.21. The molecule has 8 heteroatoms. The number of aliphatic hydroxyl groups excluding tert-OH is 1. The fraction of sp³-hybridized carbons (Fsp3) is 0.238. The molecule has 3 aromatic rings. The number of nitro groups is 1. The Labute approximate surface area is 175 Å². The number of benzene rings is 2. The van der Waals surface area contributed by atoms with Crippen LogP contribution in [0, 0.1) is 10.1 Å². The lowest BCUT2D eigenvalue weighted by atomic mass is 10.1. The van der Waals surface area contributed by atoms with E-state index in [-0.39, 0.29) is 18.1 Å². The number of aliphatic hydroxyl groups is 1. The lowest BCUT2D eigenvalue weighted by Gasteiger charge is -2.07. The van der Waals surface area contributed by atoms with E-state index in [1.54, 1.807) is 19.1 Å². The Balaban J connectivity index is 0.00000300. The third-order valence-corrected chi connectivity index (χ3v) is 4.35. The largest absolute Gasteiger partial charge is 0.460 e. The maximum Gasteiger partial charge on any atom is 0.269 e. The van der Waals surface area contributed by atoms with Crippen LogP contribution >= 0.6 is 12.4 Å². The summed E-state index contributed by atoms with van der Waals surface area (Å²) < 4.78 is 5.86. The van der Waals surface area contributed by atoms with E-state index in [1.807, 2.05) is 36.4 Å². The highest BCUT2D eigenvalue weighted by Gasteiger charge is 2.07. The second-order valence-electron chi connectivity index (χ2n) is 6.47. The summed E-state index contributed by atoms with van der Waals surface area (Å²) in [5.41, 5.74) is 2.76. The first-order chi connectivity index (χ1) is 13.5. The zero-order valence-electron chi connectivity index (χ0n) is 16.0. The maximum atomic E-state index is 10.6. The molecule has 0 spiro atoms. The third kappa shape index (κ3) is 6.32. The van der Waals surface area contributed by atoms with Crippen LogP contribution in [0.3, 0.4) is 0 Å². The number of halogens is 1. The molecule has 0 saturated carbocycles. The van der Waals surface area contributed by atoms with Crippen LogP contribution in [0.4, 0.5) is 11.4 Å². The van der Waals surface area contributed by atoms with E-state index < -0.39 is 11.0 Å². The summed E-state index contributed by atoms with van der Waals surface area (Å²) in [6.45, 7) is 3.75. The molecule has 0 radical (unpaired) electrons. The number of rotatable bonds is 9. The van der Waals surface area contributed by atoms with Gasteiger partial charge >= 0.3 is 0 Å². The van der Waals surface area contributed by atoms with Crippen molar-refractivity contribution >= 4 is 23.8 Å². The zero-order chi connectivity index (χ0) is 19.9. The van der Waals surface area contributed by atoms with Gasteiger partial charge in [0.1, 0.15) is 11.5 Å². The number of nitrogens with zero attached hydrogens (tertiary/aromatic N) is 1. The van der Waals surface area contributed by atoms with Gasteiger partial charge in [-0.05, 0) is 36.8 Å². The molecule has 1 unspecified atom stereocenters. The fourth-order valence-corrected chi connectivity index (χ4v) is 2.76. The van der Waals surface area contributed by atoms with Crippen LogP contribution < -0.4 is 10.6 Å². The topological polar surface area (TPSA) is 101 Å². The minimum Gasteiger partial charge on any atom is -0.460 e. The van der Waals surface area contributed by atoms with Gasteiger partial charge in [-0.2, -0.15) is 0 Å². The molecule has 0 bridgehead atoms. The molecule has 2 aromatic carbocycles. The van der Waals surface area contributed by atoms with Crippen LogP contribution in [-0.4, -0.2) is 23.1 Å². The normalized spacial score (nSPS) is 11.5. The summed E-state index contributed by atoms with van der Waals surface area (Å²) >= 11 is 0. The van der Waals surface area contributed by atoms with Gasteiger partial charge in [0.05, 0.1) is 17.6 Å². The van der Waals surface area contributed by atoms with E-state index in [1.165, 1.54) is 12.1 Å². The average molecular weight is 418 g/mol. The van der Waals surface area contributed by atoms with Crippen LogP contribution in [0.25, 0.3) is 11.3 Å². The summed E-state index contributed by atoms with van der Waals surface area (Å²) in [6, 6.07) is 17.9. The lowest BCUT2D eigenvalue weighted by molar-refractivity contribution is -0.384. The molecular formula is C21H24ClN3O4. The number of nitro benzene ring substituents is 1. The average Bonchev–Trinajstić information content (AvgIpc) is 3.17. The first-order valence-electron chi connectivity index (χ1n) is 9.09. The van der Waals surface area contributed by atoms with Gasteiger partial charge in [-0.15, -0.1) is 12.4 Å². The van der Waals surface area contributed by atoms with Gasteiger partial charge in [-0.25, -0.2) is 0 Å². The second-order valence-corrected chi connectivity index (χ2v) is 6.47. The van der Waals surface area contributed by atoms with Gasteiger partial charge in [0.15, 0.2) is 0 Å². The number of hydrogen-bond acceptors (Lipinski definition) is 6. The SMILES string of the molecule is CC(O)c1ccc(-c2ccc(CNCCNc3ccc([N+](=O)[O-])cc3)o2)cc1.Cl. The van der Waals surface area contributed by atoms with Crippen LogP contribution in [0.5, 0.6) is 0 Å². The molecule has 0 fully saturated rings. The molecule has 1 heterocycles. The highest BCUT2D eigenvalue weighted by Crippen LogP contribution is 2.24. The maximum absolute atomic E-state index is 10.6. The molecule has 1 aromatic heterocycles. The number of nitrogens with one attached hydrogen (secondary N) is 2. The minimum absolute atomic E-state index is 0. The van der Waals surface area contributed by atoms with Crippen LogP contribution in [0.1, 0.15) is 24.4 Å². The summed E-state index contributed by atoms with van der Waals surface area (Å²) in [4.78, 5) is 10.2. The molecule has 0 aliphatic carbocycles. The number of hydrogen-bond donors (Lipinski definition) is 3.